The second-order valence-electron chi connectivity index (χ2n) is 7.90. The zero-order valence-corrected chi connectivity index (χ0v) is 16.3. The molecule has 5 heteroatoms. The van der Waals surface area contributed by atoms with E-state index in [1.807, 2.05) is 30.3 Å². The summed E-state index contributed by atoms with van der Waals surface area (Å²) in [6.07, 6.45) is 2.09. The molecule has 2 N–H and O–H groups in total. The van der Waals surface area contributed by atoms with Gasteiger partial charge in [-0.2, -0.15) is 0 Å². The lowest BCUT2D eigenvalue weighted by Crippen LogP contribution is -2.56. The average molecular weight is 377 g/mol. The molecular weight excluding hydrogens is 350 g/mol. The summed E-state index contributed by atoms with van der Waals surface area (Å²) in [5.41, 5.74) is 3.31. The van der Waals surface area contributed by atoms with Gasteiger partial charge in [-0.3, -0.25) is 14.5 Å². The average Bonchev–Trinajstić information content (AvgIpc) is 3.47. The topological polar surface area (TPSA) is 61.4 Å². The molecule has 146 valence electrons. The summed E-state index contributed by atoms with van der Waals surface area (Å²) in [6.45, 7) is 4.14. The van der Waals surface area contributed by atoms with Crippen LogP contribution in [-0.2, 0) is 21.7 Å². The summed E-state index contributed by atoms with van der Waals surface area (Å²) in [4.78, 5) is 27.5. The molecule has 1 unspecified atom stereocenters. The number of benzene rings is 2. The number of carbonyl (C=O) groups excluding carboxylic acids is 2. The van der Waals surface area contributed by atoms with E-state index < -0.39 is 6.04 Å². The summed E-state index contributed by atoms with van der Waals surface area (Å²) >= 11 is 0. The molecule has 1 saturated carbocycles. The highest BCUT2D eigenvalue weighted by Gasteiger charge is 2.46. The van der Waals surface area contributed by atoms with E-state index in [4.69, 9.17) is 0 Å². The summed E-state index contributed by atoms with van der Waals surface area (Å²) in [6, 6.07) is 17.9. The SMILES string of the molecule is Cc1ccccc1CN1CCNC(=O)C1CC(=O)NC1(c2ccccc2)CC1. The highest BCUT2D eigenvalue weighted by atomic mass is 16.2. The van der Waals surface area contributed by atoms with Crippen molar-refractivity contribution in [3.63, 3.8) is 0 Å². The number of carbonyl (C=O) groups is 2. The largest absolute Gasteiger partial charge is 0.353 e. The Morgan fingerprint density at radius 2 is 1.86 bits per heavy atom. The molecule has 0 radical (unpaired) electrons. The third-order valence-electron chi connectivity index (χ3n) is 5.91. The van der Waals surface area contributed by atoms with Gasteiger partial charge in [-0.15, -0.1) is 0 Å². The van der Waals surface area contributed by atoms with Crippen molar-refractivity contribution in [2.75, 3.05) is 13.1 Å². The highest BCUT2D eigenvalue weighted by molar-refractivity contribution is 5.89. The third kappa shape index (κ3) is 3.94. The second-order valence-corrected chi connectivity index (χ2v) is 7.90. The minimum Gasteiger partial charge on any atom is -0.353 e. The first kappa shape index (κ1) is 18.7. The molecule has 2 aromatic carbocycles. The lowest BCUT2D eigenvalue weighted by atomic mass is 10.0. The highest BCUT2D eigenvalue weighted by Crippen LogP contribution is 2.45. The number of rotatable bonds is 6. The molecule has 5 nitrogen and oxygen atoms in total. The van der Waals surface area contributed by atoms with Crippen molar-refractivity contribution in [1.82, 2.24) is 15.5 Å². The Kier molecular flexibility index (Phi) is 5.18. The second kappa shape index (κ2) is 7.76. The minimum atomic E-state index is -0.431. The van der Waals surface area contributed by atoms with Crippen LogP contribution in [0.1, 0.15) is 36.0 Å². The normalized spacial score (nSPS) is 21.0. The molecule has 1 aliphatic heterocycles. The van der Waals surface area contributed by atoms with Crippen LogP contribution in [0.2, 0.25) is 0 Å². The first-order chi connectivity index (χ1) is 13.6. The Morgan fingerprint density at radius 1 is 1.14 bits per heavy atom. The van der Waals surface area contributed by atoms with E-state index in [0.29, 0.717) is 13.1 Å². The summed E-state index contributed by atoms with van der Waals surface area (Å²) in [5.74, 6) is -0.113. The van der Waals surface area contributed by atoms with Crippen LogP contribution in [0.3, 0.4) is 0 Å². The van der Waals surface area contributed by atoms with E-state index in [2.05, 4.69) is 46.7 Å². The molecular formula is C23H27N3O2. The Labute approximate surface area is 166 Å². The van der Waals surface area contributed by atoms with Gasteiger partial charge in [0.2, 0.25) is 11.8 Å². The monoisotopic (exact) mass is 377 g/mol. The molecule has 2 fully saturated rings. The lowest BCUT2D eigenvalue weighted by Gasteiger charge is -2.35. The maximum Gasteiger partial charge on any atom is 0.237 e. The van der Waals surface area contributed by atoms with Crippen molar-refractivity contribution in [3.8, 4) is 0 Å². The van der Waals surface area contributed by atoms with Gasteiger partial charge in [-0.1, -0.05) is 54.6 Å². The van der Waals surface area contributed by atoms with Gasteiger partial charge in [0.25, 0.3) is 0 Å². The van der Waals surface area contributed by atoms with Gasteiger partial charge in [0.05, 0.1) is 18.0 Å². The van der Waals surface area contributed by atoms with Gasteiger partial charge in [0.1, 0.15) is 0 Å². The number of hydrogen-bond donors (Lipinski definition) is 2. The number of nitrogens with zero attached hydrogens (tertiary/aromatic N) is 1. The summed E-state index contributed by atoms with van der Waals surface area (Å²) in [5, 5.41) is 6.12. The van der Waals surface area contributed by atoms with Gasteiger partial charge in [-0.25, -0.2) is 0 Å². The summed E-state index contributed by atoms with van der Waals surface area (Å²) < 4.78 is 0. The fourth-order valence-electron chi connectivity index (χ4n) is 4.04. The van der Waals surface area contributed by atoms with Crippen LogP contribution in [0.4, 0.5) is 0 Å². The molecule has 0 bridgehead atoms. The predicted molar refractivity (Wildman–Crippen MR) is 109 cm³/mol. The van der Waals surface area contributed by atoms with E-state index in [9.17, 15) is 9.59 Å². The molecule has 1 atom stereocenters. The number of piperazine rings is 1. The molecule has 2 amide bonds. The van der Waals surface area contributed by atoms with Crippen LogP contribution in [0.25, 0.3) is 0 Å². The van der Waals surface area contributed by atoms with Crippen molar-refractivity contribution >= 4 is 11.8 Å². The van der Waals surface area contributed by atoms with Crippen LogP contribution >= 0.6 is 0 Å². The van der Waals surface area contributed by atoms with E-state index in [0.717, 1.165) is 24.9 Å². The molecule has 1 saturated heterocycles. The molecule has 2 aliphatic rings. The fourth-order valence-corrected chi connectivity index (χ4v) is 4.04. The predicted octanol–water partition coefficient (Wildman–Crippen LogP) is 2.49. The molecule has 2 aromatic rings. The first-order valence-corrected chi connectivity index (χ1v) is 10.0. The van der Waals surface area contributed by atoms with Crippen LogP contribution in [0, 0.1) is 6.92 Å². The quantitative estimate of drug-likeness (QED) is 0.813. The maximum atomic E-state index is 12.8. The molecule has 4 rings (SSSR count). The van der Waals surface area contributed by atoms with E-state index in [1.54, 1.807) is 0 Å². The number of amides is 2. The van der Waals surface area contributed by atoms with Gasteiger partial charge >= 0.3 is 0 Å². The third-order valence-corrected chi connectivity index (χ3v) is 5.91. The van der Waals surface area contributed by atoms with Crippen molar-refractivity contribution in [1.29, 1.82) is 0 Å². The molecule has 1 heterocycles. The van der Waals surface area contributed by atoms with Crippen LogP contribution < -0.4 is 10.6 Å². The van der Waals surface area contributed by atoms with E-state index in [1.165, 1.54) is 11.1 Å². The minimum absolute atomic E-state index is 0.0560. The van der Waals surface area contributed by atoms with Gasteiger partial charge in [0.15, 0.2) is 0 Å². The first-order valence-electron chi connectivity index (χ1n) is 10.0. The Bertz CT molecular complexity index is 861. The zero-order valence-electron chi connectivity index (χ0n) is 16.3. The van der Waals surface area contributed by atoms with Crippen molar-refractivity contribution in [2.24, 2.45) is 0 Å². The number of aryl methyl sites for hydroxylation is 1. The Hall–Kier alpha value is -2.66. The zero-order chi connectivity index (χ0) is 19.6. The van der Waals surface area contributed by atoms with Gasteiger partial charge < -0.3 is 10.6 Å². The Morgan fingerprint density at radius 3 is 2.57 bits per heavy atom. The summed E-state index contributed by atoms with van der Waals surface area (Å²) in [7, 11) is 0. The molecule has 28 heavy (non-hydrogen) atoms. The van der Waals surface area contributed by atoms with Crippen LogP contribution in [0.5, 0.6) is 0 Å². The number of nitrogens with one attached hydrogen (secondary N) is 2. The van der Waals surface area contributed by atoms with E-state index in [-0.39, 0.29) is 23.8 Å². The Balaban J connectivity index is 1.44. The molecule has 1 aliphatic carbocycles. The van der Waals surface area contributed by atoms with Gasteiger partial charge in [-0.05, 0) is 36.5 Å². The van der Waals surface area contributed by atoms with Crippen molar-refractivity contribution in [2.45, 2.75) is 44.3 Å². The standard InChI is InChI=1S/C23H27N3O2/c1-17-7-5-6-8-18(17)16-26-14-13-24-22(28)20(26)15-21(27)25-23(11-12-23)19-9-3-2-4-10-19/h2-10,20H,11-16H2,1H3,(H,24,28)(H,25,27). The van der Waals surface area contributed by atoms with Gasteiger partial charge in [0, 0.05) is 19.6 Å². The maximum absolute atomic E-state index is 12.8. The lowest BCUT2D eigenvalue weighted by molar-refractivity contribution is -0.134. The number of hydrogen-bond acceptors (Lipinski definition) is 3. The van der Waals surface area contributed by atoms with Crippen LogP contribution in [0.15, 0.2) is 54.6 Å². The smallest absolute Gasteiger partial charge is 0.237 e. The van der Waals surface area contributed by atoms with Crippen molar-refractivity contribution in [3.05, 3.63) is 71.3 Å². The molecule has 0 spiro atoms. The van der Waals surface area contributed by atoms with Crippen LogP contribution in [-0.4, -0.2) is 35.8 Å². The fraction of sp³-hybridized carbons (Fsp3) is 0.391. The van der Waals surface area contributed by atoms with E-state index >= 15 is 0 Å². The molecule has 0 aromatic heterocycles. The van der Waals surface area contributed by atoms with Crippen molar-refractivity contribution < 1.29 is 9.59 Å².